The zero-order valence-electron chi connectivity index (χ0n) is 20.2. The van der Waals surface area contributed by atoms with Crippen molar-refractivity contribution in [3.8, 4) is 11.3 Å². The number of nitrogens with zero attached hydrogens (tertiary/aromatic N) is 2. The van der Waals surface area contributed by atoms with Crippen LogP contribution in [0.15, 0.2) is 62.0 Å². The average Bonchev–Trinajstić information content (AvgIpc) is 3.24. The first-order valence-corrected chi connectivity index (χ1v) is 14.0. The number of nitrogens with one attached hydrogen (secondary N) is 1. The van der Waals surface area contributed by atoms with E-state index in [1.54, 1.807) is 12.5 Å². The van der Waals surface area contributed by atoms with Gasteiger partial charge in [-0.25, -0.2) is 9.97 Å². The first-order chi connectivity index (χ1) is 16.7. The summed E-state index contributed by atoms with van der Waals surface area (Å²) in [5.41, 5.74) is 1.42. The van der Waals surface area contributed by atoms with Gasteiger partial charge in [-0.2, -0.15) is 0 Å². The number of carbonyl (C=O) groups excluding carboxylic acids is 1. The molecule has 1 atom stereocenters. The second-order valence-corrected chi connectivity index (χ2v) is 11.7. The third-order valence-electron chi connectivity index (χ3n) is 5.06. The quantitative estimate of drug-likeness (QED) is 0.401. The summed E-state index contributed by atoms with van der Waals surface area (Å²) in [6.45, 7) is 7.87. The molecular weight excluding hydrogens is 506 g/mol. The predicted molar refractivity (Wildman–Crippen MR) is 139 cm³/mol. The summed E-state index contributed by atoms with van der Waals surface area (Å²) >= 11 is 7.39. The van der Waals surface area contributed by atoms with Crippen molar-refractivity contribution in [1.29, 1.82) is 0 Å². The molecule has 35 heavy (non-hydrogen) atoms. The fourth-order valence-electron chi connectivity index (χ4n) is 3.28. The van der Waals surface area contributed by atoms with Gasteiger partial charge in [-0.15, -0.1) is 0 Å². The van der Waals surface area contributed by atoms with Crippen LogP contribution in [0.2, 0.25) is 5.02 Å². The number of hydrogen-bond donors (Lipinski definition) is 1. The van der Waals surface area contributed by atoms with Crippen LogP contribution in [0.1, 0.15) is 45.4 Å². The number of carbonyl (C=O) groups is 1. The van der Waals surface area contributed by atoms with E-state index in [0.29, 0.717) is 22.5 Å². The summed E-state index contributed by atoms with van der Waals surface area (Å²) in [5.74, 6) is 1.09. The lowest BCUT2D eigenvalue weighted by atomic mass is 9.98. The molecule has 1 aliphatic rings. The lowest BCUT2D eigenvalue weighted by Crippen LogP contribution is -2.26. The Morgan fingerprint density at radius 2 is 1.86 bits per heavy atom. The standard InChI is InChI=1S/C20H20ClN3O2S2.C5H10O2/c1-28(25)16-5-2-13(3-6-16)18-20(27-17-7-4-15(21)12-23-17)26-19(24-18)14-8-10-22-11-9-14;1-5(2,3)7-4-6/h2-7,12,14,22H,8-11H2,1H3;4H,1-3H3. The van der Waals surface area contributed by atoms with Gasteiger partial charge in [0.15, 0.2) is 11.0 Å². The van der Waals surface area contributed by atoms with Crippen molar-refractivity contribution in [2.75, 3.05) is 19.3 Å². The van der Waals surface area contributed by atoms with Crippen LogP contribution in [0.3, 0.4) is 0 Å². The second-order valence-electron chi connectivity index (χ2n) is 8.93. The first-order valence-electron chi connectivity index (χ1n) is 11.2. The summed E-state index contributed by atoms with van der Waals surface area (Å²) in [7, 11) is -1.01. The molecule has 188 valence electrons. The van der Waals surface area contributed by atoms with Gasteiger partial charge in [0.05, 0.1) is 5.02 Å². The van der Waals surface area contributed by atoms with Crippen LogP contribution in [0.4, 0.5) is 0 Å². The van der Waals surface area contributed by atoms with Crippen molar-refractivity contribution in [1.82, 2.24) is 15.3 Å². The Labute approximate surface area is 217 Å². The summed E-state index contributed by atoms with van der Waals surface area (Å²) in [4.78, 5) is 19.6. The molecule has 2 aromatic heterocycles. The molecule has 7 nitrogen and oxygen atoms in total. The largest absolute Gasteiger partial charge is 0.462 e. The third-order valence-corrected chi connectivity index (χ3v) is 7.13. The number of hydrogen-bond acceptors (Lipinski definition) is 8. The first kappa shape index (κ1) is 27.4. The minimum absolute atomic E-state index is 0.315. The molecule has 10 heteroatoms. The van der Waals surface area contributed by atoms with Crippen molar-refractivity contribution in [2.45, 2.75) is 60.1 Å². The second kappa shape index (κ2) is 12.7. The van der Waals surface area contributed by atoms with Crippen molar-refractivity contribution < 1.29 is 18.2 Å². The molecule has 1 fully saturated rings. The Kier molecular flexibility index (Phi) is 9.91. The molecule has 1 N–H and O–H groups in total. The lowest BCUT2D eigenvalue weighted by Gasteiger charge is -2.19. The normalized spacial score (nSPS) is 15.1. The highest BCUT2D eigenvalue weighted by Gasteiger charge is 2.24. The lowest BCUT2D eigenvalue weighted by molar-refractivity contribution is -0.138. The molecule has 1 unspecified atom stereocenters. The molecule has 3 aromatic rings. The van der Waals surface area contributed by atoms with E-state index in [1.165, 1.54) is 11.8 Å². The summed E-state index contributed by atoms with van der Waals surface area (Å²) in [5, 5.41) is 5.48. The zero-order chi connectivity index (χ0) is 25.4. The maximum Gasteiger partial charge on any atom is 0.293 e. The molecule has 0 aliphatic carbocycles. The topological polar surface area (TPSA) is 94.3 Å². The number of benzene rings is 1. The van der Waals surface area contributed by atoms with Crippen molar-refractivity contribution in [3.63, 3.8) is 0 Å². The van der Waals surface area contributed by atoms with E-state index in [-0.39, 0.29) is 5.60 Å². The van der Waals surface area contributed by atoms with Crippen LogP contribution in [-0.2, 0) is 20.3 Å². The van der Waals surface area contributed by atoms with Crippen molar-refractivity contribution >= 4 is 40.6 Å². The number of pyridine rings is 1. The van der Waals surface area contributed by atoms with E-state index >= 15 is 0 Å². The minimum atomic E-state index is -1.01. The van der Waals surface area contributed by atoms with E-state index in [1.807, 2.05) is 57.2 Å². The highest BCUT2D eigenvalue weighted by molar-refractivity contribution is 7.99. The molecule has 4 rings (SSSR count). The molecule has 3 heterocycles. The molecule has 0 amide bonds. The number of rotatable bonds is 6. The Balaban J connectivity index is 0.000000429. The fraction of sp³-hybridized carbons (Fsp3) is 0.400. The molecule has 0 spiro atoms. The Hall–Kier alpha value is -2.20. The monoisotopic (exact) mass is 535 g/mol. The Morgan fingerprint density at radius 3 is 2.37 bits per heavy atom. The van der Waals surface area contributed by atoms with Crippen LogP contribution in [0.25, 0.3) is 11.3 Å². The van der Waals surface area contributed by atoms with Gasteiger partial charge < -0.3 is 14.5 Å². The van der Waals surface area contributed by atoms with Gasteiger partial charge in [0.1, 0.15) is 16.3 Å². The van der Waals surface area contributed by atoms with E-state index in [2.05, 4.69) is 15.0 Å². The van der Waals surface area contributed by atoms with Crippen LogP contribution < -0.4 is 5.32 Å². The Bertz CT molecular complexity index is 1120. The number of oxazole rings is 1. The summed E-state index contributed by atoms with van der Waals surface area (Å²) in [6.07, 6.45) is 5.32. The molecule has 0 bridgehead atoms. The highest BCUT2D eigenvalue weighted by atomic mass is 35.5. The van der Waals surface area contributed by atoms with Crippen LogP contribution in [0, 0.1) is 0 Å². The zero-order valence-corrected chi connectivity index (χ0v) is 22.6. The molecule has 0 radical (unpaired) electrons. The predicted octanol–water partition coefficient (Wildman–Crippen LogP) is 5.70. The smallest absolute Gasteiger partial charge is 0.293 e. The highest BCUT2D eigenvalue weighted by Crippen LogP contribution is 2.39. The summed E-state index contributed by atoms with van der Waals surface area (Å²) < 4.78 is 22.4. The van der Waals surface area contributed by atoms with Gasteiger partial charge >= 0.3 is 0 Å². The average molecular weight is 536 g/mol. The summed E-state index contributed by atoms with van der Waals surface area (Å²) in [6, 6.07) is 11.3. The molecular formula is C25H30ClN3O4S2. The molecule has 0 saturated carbocycles. The SMILES string of the molecule is CC(C)(C)OC=O.CS(=O)c1ccc(-c2nc(C3CCNCC3)oc2Sc2ccc(Cl)cn2)cc1. The van der Waals surface area contributed by atoms with Crippen LogP contribution >= 0.6 is 23.4 Å². The van der Waals surface area contributed by atoms with Crippen molar-refractivity contribution in [2.24, 2.45) is 0 Å². The molecule has 1 aliphatic heterocycles. The van der Waals surface area contributed by atoms with Crippen molar-refractivity contribution in [3.05, 3.63) is 53.5 Å². The van der Waals surface area contributed by atoms with Gasteiger partial charge in [-0.3, -0.25) is 9.00 Å². The van der Waals surface area contributed by atoms with Crippen LogP contribution in [-0.4, -0.2) is 45.6 Å². The maximum atomic E-state index is 11.7. The van der Waals surface area contributed by atoms with Gasteiger partial charge in [0.25, 0.3) is 6.47 Å². The van der Waals surface area contributed by atoms with Gasteiger partial charge in [-0.1, -0.05) is 23.7 Å². The van der Waals surface area contributed by atoms with E-state index in [4.69, 9.17) is 21.0 Å². The third kappa shape index (κ3) is 8.45. The van der Waals surface area contributed by atoms with Gasteiger partial charge in [-0.05, 0) is 82.7 Å². The number of piperidine rings is 1. The fourth-order valence-corrected chi connectivity index (χ4v) is 4.73. The van der Waals surface area contributed by atoms with Crippen LogP contribution in [0.5, 0.6) is 0 Å². The van der Waals surface area contributed by atoms with E-state index in [0.717, 1.165) is 53.0 Å². The van der Waals surface area contributed by atoms with E-state index in [9.17, 15) is 9.00 Å². The number of halogens is 1. The van der Waals surface area contributed by atoms with E-state index < -0.39 is 10.8 Å². The number of ether oxygens (including phenoxy) is 1. The van der Waals surface area contributed by atoms with Gasteiger partial charge in [0, 0.05) is 39.6 Å². The molecule has 1 saturated heterocycles. The van der Waals surface area contributed by atoms with Gasteiger partial charge in [0.2, 0.25) is 0 Å². The minimum Gasteiger partial charge on any atom is -0.462 e. The Morgan fingerprint density at radius 1 is 1.17 bits per heavy atom. The maximum absolute atomic E-state index is 11.7. The number of aromatic nitrogens is 2. The molecule has 1 aromatic carbocycles.